The summed E-state index contributed by atoms with van der Waals surface area (Å²) in [6, 6.07) is 11.2. The van der Waals surface area contributed by atoms with E-state index in [0.29, 0.717) is 5.75 Å². The molecule has 148 valence electrons. The predicted molar refractivity (Wildman–Crippen MR) is 106 cm³/mol. The first-order valence-electron chi connectivity index (χ1n) is 9.48. The van der Waals surface area contributed by atoms with Gasteiger partial charge < -0.3 is 9.84 Å². The van der Waals surface area contributed by atoms with Crippen LogP contribution in [0.4, 0.5) is 0 Å². The van der Waals surface area contributed by atoms with Gasteiger partial charge in [-0.25, -0.2) is 0 Å². The van der Waals surface area contributed by atoms with Gasteiger partial charge in [-0.2, -0.15) is 8.42 Å². The number of phenols is 1. The maximum Gasteiger partial charge on any atom is 0.298 e. The average molecular weight is 393 g/mol. The van der Waals surface area contributed by atoms with Crippen molar-refractivity contribution in [1.82, 2.24) is 0 Å². The summed E-state index contributed by atoms with van der Waals surface area (Å²) in [6.45, 7) is 2.20. The normalized spacial score (nSPS) is 11.5. The monoisotopic (exact) mass is 392 g/mol. The van der Waals surface area contributed by atoms with E-state index in [1.807, 2.05) is 12.1 Å². The largest absolute Gasteiger partial charge is 0.504 e. The Kier molecular flexibility index (Phi) is 8.13. The standard InChI is InChI=1S/C21H28O5S/c1-2-3-4-5-6-7-8-12-17-13-9-10-15-19(17)26-21-18(22)14-11-16-20(21)27(23,24)25/h9-11,13-16,22H,2-8,12H2,1H3,(H,23,24,25). The van der Waals surface area contributed by atoms with Crippen LogP contribution in [-0.2, 0) is 16.5 Å². The van der Waals surface area contributed by atoms with Crippen molar-refractivity contribution in [2.24, 2.45) is 0 Å². The summed E-state index contributed by atoms with van der Waals surface area (Å²) in [6.07, 6.45) is 9.21. The van der Waals surface area contributed by atoms with Gasteiger partial charge in [0.05, 0.1) is 0 Å². The van der Waals surface area contributed by atoms with Crippen LogP contribution < -0.4 is 4.74 Å². The van der Waals surface area contributed by atoms with Crippen LogP contribution >= 0.6 is 0 Å². The first kappa shape index (κ1) is 21.3. The van der Waals surface area contributed by atoms with Gasteiger partial charge >= 0.3 is 0 Å². The van der Waals surface area contributed by atoms with E-state index < -0.39 is 15.0 Å². The van der Waals surface area contributed by atoms with Crippen LogP contribution in [0.2, 0.25) is 0 Å². The molecule has 2 rings (SSSR count). The molecule has 0 aliphatic heterocycles. The van der Waals surface area contributed by atoms with E-state index in [9.17, 15) is 18.1 Å². The van der Waals surface area contributed by atoms with Crippen LogP contribution in [0.5, 0.6) is 17.2 Å². The van der Waals surface area contributed by atoms with Gasteiger partial charge in [0, 0.05) is 0 Å². The fourth-order valence-corrected chi connectivity index (χ4v) is 3.63. The summed E-state index contributed by atoms with van der Waals surface area (Å²) in [5.74, 6) is -0.113. The lowest BCUT2D eigenvalue weighted by Gasteiger charge is -2.14. The van der Waals surface area contributed by atoms with Crippen molar-refractivity contribution in [2.45, 2.75) is 63.2 Å². The highest BCUT2D eigenvalue weighted by Crippen LogP contribution is 2.38. The smallest absolute Gasteiger partial charge is 0.298 e. The molecule has 0 aliphatic rings. The zero-order valence-corrected chi connectivity index (χ0v) is 16.5. The number of rotatable bonds is 11. The number of hydrogen-bond donors (Lipinski definition) is 2. The molecule has 0 fully saturated rings. The number of phenolic OH excluding ortho intramolecular Hbond substituents is 1. The first-order valence-corrected chi connectivity index (χ1v) is 10.9. The van der Waals surface area contributed by atoms with E-state index in [4.69, 9.17) is 4.74 Å². The summed E-state index contributed by atoms with van der Waals surface area (Å²) >= 11 is 0. The Bertz CT molecular complexity index is 830. The van der Waals surface area contributed by atoms with Gasteiger partial charge in [0.2, 0.25) is 0 Å². The molecule has 0 aromatic heterocycles. The van der Waals surface area contributed by atoms with Crippen molar-refractivity contribution in [3.8, 4) is 17.2 Å². The summed E-state index contributed by atoms with van der Waals surface area (Å²) in [7, 11) is -4.51. The van der Waals surface area contributed by atoms with E-state index >= 15 is 0 Å². The van der Waals surface area contributed by atoms with Crippen molar-refractivity contribution >= 4 is 10.1 Å². The molecular formula is C21H28O5S. The third-order valence-corrected chi connectivity index (χ3v) is 5.35. The molecule has 0 saturated heterocycles. The minimum Gasteiger partial charge on any atom is -0.504 e. The predicted octanol–water partition coefficient (Wildman–Crippen LogP) is 5.72. The fraction of sp³-hybridized carbons (Fsp3) is 0.429. The number of unbranched alkanes of at least 4 members (excludes halogenated alkanes) is 6. The lowest BCUT2D eigenvalue weighted by molar-refractivity contribution is 0.394. The topological polar surface area (TPSA) is 83.8 Å². The lowest BCUT2D eigenvalue weighted by atomic mass is 10.0. The van der Waals surface area contributed by atoms with Crippen molar-refractivity contribution in [3.63, 3.8) is 0 Å². The summed E-state index contributed by atoms with van der Waals surface area (Å²) < 4.78 is 38.2. The number of aromatic hydroxyl groups is 1. The van der Waals surface area contributed by atoms with Crippen LogP contribution in [0.1, 0.15) is 57.4 Å². The van der Waals surface area contributed by atoms with Crippen molar-refractivity contribution in [3.05, 3.63) is 48.0 Å². The van der Waals surface area contributed by atoms with Crippen LogP contribution in [0.3, 0.4) is 0 Å². The molecule has 0 spiro atoms. The molecule has 2 N–H and O–H groups in total. The van der Waals surface area contributed by atoms with Gasteiger partial charge in [-0.05, 0) is 36.6 Å². The molecule has 0 atom stereocenters. The molecule has 0 unspecified atom stereocenters. The second-order valence-corrected chi connectivity index (χ2v) is 8.05. The zero-order chi connectivity index (χ0) is 19.7. The Morgan fingerprint density at radius 3 is 2.26 bits per heavy atom. The van der Waals surface area contributed by atoms with Gasteiger partial charge in [-0.15, -0.1) is 0 Å². The van der Waals surface area contributed by atoms with Gasteiger partial charge in [0.1, 0.15) is 10.6 Å². The van der Waals surface area contributed by atoms with Gasteiger partial charge in [-0.3, -0.25) is 4.55 Å². The quantitative estimate of drug-likeness (QED) is 0.377. The molecule has 2 aromatic carbocycles. The number of benzene rings is 2. The maximum atomic E-state index is 11.6. The van der Waals surface area contributed by atoms with Crippen molar-refractivity contribution in [2.75, 3.05) is 0 Å². The molecule has 0 saturated carbocycles. The highest BCUT2D eigenvalue weighted by molar-refractivity contribution is 7.86. The van der Waals surface area contributed by atoms with Crippen molar-refractivity contribution < 1.29 is 22.8 Å². The van der Waals surface area contributed by atoms with Crippen LogP contribution in [0, 0.1) is 0 Å². The van der Waals surface area contributed by atoms with Crippen LogP contribution in [0.25, 0.3) is 0 Å². The SMILES string of the molecule is CCCCCCCCCc1ccccc1Oc1c(O)cccc1S(=O)(=O)O. The number of hydrogen-bond acceptors (Lipinski definition) is 4. The van der Waals surface area contributed by atoms with E-state index in [-0.39, 0.29) is 11.5 Å². The Morgan fingerprint density at radius 1 is 0.889 bits per heavy atom. The highest BCUT2D eigenvalue weighted by atomic mass is 32.2. The van der Waals surface area contributed by atoms with Gasteiger partial charge in [0.25, 0.3) is 10.1 Å². The molecular weight excluding hydrogens is 364 g/mol. The molecule has 5 nitrogen and oxygen atoms in total. The van der Waals surface area contributed by atoms with Gasteiger partial charge in [0.15, 0.2) is 11.5 Å². The first-order chi connectivity index (χ1) is 12.9. The van der Waals surface area contributed by atoms with Crippen molar-refractivity contribution in [1.29, 1.82) is 0 Å². The van der Waals surface area contributed by atoms with E-state index in [1.165, 1.54) is 50.3 Å². The summed E-state index contributed by atoms with van der Waals surface area (Å²) in [5.41, 5.74) is 0.940. The van der Waals surface area contributed by atoms with E-state index in [2.05, 4.69) is 6.92 Å². The Balaban J connectivity index is 2.07. The number of para-hydroxylation sites is 2. The Morgan fingerprint density at radius 2 is 1.56 bits per heavy atom. The molecule has 0 amide bonds. The van der Waals surface area contributed by atoms with Crippen LogP contribution in [0.15, 0.2) is 47.4 Å². The molecule has 0 bridgehead atoms. The zero-order valence-electron chi connectivity index (χ0n) is 15.7. The van der Waals surface area contributed by atoms with Crippen LogP contribution in [-0.4, -0.2) is 18.1 Å². The third kappa shape index (κ3) is 6.56. The van der Waals surface area contributed by atoms with Gasteiger partial charge in [-0.1, -0.05) is 69.7 Å². The molecule has 6 heteroatoms. The molecule has 0 radical (unpaired) electrons. The molecule has 2 aromatic rings. The molecule has 27 heavy (non-hydrogen) atoms. The summed E-state index contributed by atoms with van der Waals surface area (Å²) in [5, 5.41) is 10.0. The third-order valence-electron chi connectivity index (χ3n) is 4.47. The highest BCUT2D eigenvalue weighted by Gasteiger charge is 2.21. The average Bonchev–Trinajstić information content (AvgIpc) is 2.63. The Hall–Kier alpha value is -2.05. The minimum absolute atomic E-state index is 0.257. The summed E-state index contributed by atoms with van der Waals surface area (Å²) in [4.78, 5) is -0.451. The lowest BCUT2D eigenvalue weighted by Crippen LogP contribution is -2.02. The van der Waals surface area contributed by atoms with E-state index in [0.717, 1.165) is 24.8 Å². The van der Waals surface area contributed by atoms with E-state index in [1.54, 1.807) is 12.1 Å². The minimum atomic E-state index is -4.51. The molecule has 0 heterocycles. The maximum absolute atomic E-state index is 11.6. The second kappa shape index (κ2) is 10.3. The molecule has 0 aliphatic carbocycles. The second-order valence-electron chi connectivity index (χ2n) is 6.66. The fourth-order valence-electron chi connectivity index (χ4n) is 3.00. The Labute approximate surface area is 161 Å². The number of aryl methyl sites for hydroxylation is 1. The number of ether oxygens (including phenoxy) is 1.